The van der Waals surface area contributed by atoms with Crippen LogP contribution in [0.15, 0.2) is 18.2 Å². The third-order valence-electron chi connectivity index (χ3n) is 3.82. The van der Waals surface area contributed by atoms with Crippen molar-refractivity contribution in [2.24, 2.45) is 0 Å². The maximum absolute atomic E-state index is 12.5. The maximum Gasteiger partial charge on any atom is 0.387 e. The molecule has 1 N–H and O–H groups in total. The Hall–Kier alpha value is -1.64. The quantitative estimate of drug-likeness (QED) is 0.818. The number of rotatable bonds is 6. The molecule has 1 aromatic carbocycles. The number of morpholine rings is 1. The van der Waals surface area contributed by atoms with E-state index in [0.717, 1.165) is 0 Å². The first-order valence-corrected chi connectivity index (χ1v) is 7.64. The molecule has 0 aromatic heterocycles. The van der Waals surface area contributed by atoms with Crippen molar-refractivity contribution in [3.63, 3.8) is 0 Å². The number of carbonyl (C=O) groups is 1. The molecular formula is C16H23ClF2N2O4. The van der Waals surface area contributed by atoms with Crippen molar-refractivity contribution in [3.8, 4) is 11.5 Å². The Bertz CT molecular complexity index is 577. The number of methoxy groups -OCH3 is 1. The number of nitrogens with one attached hydrogen (secondary N) is 1. The van der Waals surface area contributed by atoms with E-state index in [4.69, 9.17) is 9.47 Å². The summed E-state index contributed by atoms with van der Waals surface area (Å²) in [6.07, 6.45) is -0.220. The van der Waals surface area contributed by atoms with Crippen molar-refractivity contribution in [2.75, 3.05) is 27.3 Å². The van der Waals surface area contributed by atoms with Gasteiger partial charge in [0, 0.05) is 20.1 Å². The SMILES string of the molecule is COc1ccc(CN(C)C(=O)[C@H]2NCCO[C@@H]2C)cc1OC(F)F.Cl. The number of carbonyl (C=O) groups excluding carboxylic acids is 1. The number of hydrogen-bond donors (Lipinski definition) is 1. The van der Waals surface area contributed by atoms with Gasteiger partial charge in [-0.15, -0.1) is 12.4 Å². The molecule has 9 heteroatoms. The summed E-state index contributed by atoms with van der Waals surface area (Å²) in [6.45, 7) is 0.334. The first-order valence-electron chi connectivity index (χ1n) is 7.64. The zero-order chi connectivity index (χ0) is 17.7. The molecule has 2 atom stereocenters. The van der Waals surface area contributed by atoms with Crippen LogP contribution in [0.3, 0.4) is 0 Å². The van der Waals surface area contributed by atoms with Crippen LogP contribution in [0.25, 0.3) is 0 Å². The average Bonchev–Trinajstić information content (AvgIpc) is 2.54. The number of likely N-dealkylation sites (N-methyl/N-ethyl adjacent to an activating group) is 1. The molecule has 1 amide bonds. The van der Waals surface area contributed by atoms with E-state index < -0.39 is 12.7 Å². The predicted octanol–water partition coefficient (Wildman–Crippen LogP) is 2.05. The second-order valence-corrected chi connectivity index (χ2v) is 5.57. The lowest BCUT2D eigenvalue weighted by Gasteiger charge is -2.32. The fraction of sp³-hybridized carbons (Fsp3) is 0.562. The van der Waals surface area contributed by atoms with Gasteiger partial charge in [0.15, 0.2) is 11.5 Å². The van der Waals surface area contributed by atoms with Gasteiger partial charge in [-0.2, -0.15) is 8.78 Å². The average molecular weight is 381 g/mol. The predicted molar refractivity (Wildman–Crippen MR) is 90.6 cm³/mol. The van der Waals surface area contributed by atoms with Gasteiger partial charge < -0.3 is 24.4 Å². The molecule has 0 spiro atoms. The fourth-order valence-corrected chi connectivity index (χ4v) is 2.61. The lowest BCUT2D eigenvalue weighted by atomic mass is 10.1. The molecule has 1 saturated heterocycles. The van der Waals surface area contributed by atoms with Crippen LogP contribution in [0.5, 0.6) is 11.5 Å². The summed E-state index contributed by atoms with van der Waals surface area (Å²) in [6, 6.07) is 4.27. The third-order valence-corrected chi connectivity index (χ3v) is 3.82. The summed E-state index contributed by atoms with van der Waals surface area (Å²) in [4.78, 5) is 14.0. The molecule has 1 heterocycles. The highest BCUT2D eigenvalue weighted by Crippen LogP contribution is 2.30. The van der Waals surface area contributed by atoms with Gasteiger partial charge in [-0.3, -0.25) is 4.79 Å². The molecule has 142 valence electrons. The maximum atomic E-state index is 12.5. The number of amides is 1. The summed E-state index contributed by atoms with van der Waals surface area (Å²) in [5.74, 6) is 0.0386. The zero-order valence-corrected chi connectivity index (χ0v) is 15.1. The Kier molecular flexibility index (Phi) is 8.34. The van der Waals surface area contributed by atoms with Crippen LogP contribution < -0.4 is 14.8 Å². The molecular weight excluding hydrogens is 358 g/mol. The highest BCUT2D eigenvalue weighted by Gasteiger charge is 2.30. The Morgan fingerprint density at radius 3 is 2.76 bits per heavy atom. The summed E-state index contributed by atoms with van der Waals surface area (Å²) in [7, 11) is 3.03. The Balaban J connectivity index is 0.00000312. The minimum Gasteiger partial charge on any atom is -0.493 e. The van der Waals surface area contributed by atoms with E-state index in [2.05, 4.69) is 10.1 Å². The van der Waals surface area contributed by atoms with Crippen molar-refractivity contribution in [1.29, 1.82) is 0 Å². The van der Waals surface area contributed by atoms with Gasteiger partial charge in [-0.25, -0.2) is 0 Å². The van der Waals surface area contributed by atoms with Crippen LogP contribution in [0.2, 0.25) is 0 Å². The second-order valence-electron chi connectivity index (χ2n) is 5.57. The number of hydrogen-bond acceptors (Lipinski definition) is 5. The highest BCUT2D eigenvalue weighted by molar-refractivity contribution is 5.85. The Morgan fingerprint density at radius 1 is 1.44 bits per heavy atom. The molecule has 1 aliphatic rings. The third kappa shape index (κ3) is 5.69. The van der Waals surface area contributed by atoms with Crippen LogP contribution in [0.4, 0.5) is 8.78 Å². The molecule has 0 bridgehead atoms. The van der Waals surface area contributed by atoms with Gasteiger partial charge >= 0.3 is 6.61 Å². The van der Waals surface area contributed by atoms with Crippen LogP contribution in [-0.4, -0.2) is 56.9 Å². The number of nitrogens with zero attached hydrogens (tertiary/aromatic N) is 1. The monoisotopic (exact) mass is 380 g/mol. The van der Waals surface area contributed by atoms with Crippen molar-refractivity contribution < 1.29 is 27.8 Å². The number of halogens is 3. The lowest BCUT2D eigenvalue weighted by molar-refractivity contribution is -0.138. The Morgan fingerprint density at radius 2 is 2.16 bits per heavy atom. The number of alkyl halides is 2. The van der Waals surface area contributed by atoms with E-state index >= 15 is 0 Å². The molecule has 0 aliphatic carbocycles. The van der Waals surface area contributed by atoms with Crippen molar-refractivity contribution in [3.05, 3.63) is 23.8 Å². The van der Waals surface area contributed by atoms with E-state index in [0.29, 0.717) is 18.7 Å². The van der Waals surface area contributed by atoms with Gasteiger partial charge in [0.25, 0.3) is 0 Å². The van der Waals surface area contributed by atoms with Crippen LogP contribution in [0, 0.1) is 0 Å². The number of ether oxygens (including phenoxy) is 3. The van der Waals surface area contributed by atoms with E-state index in [-0.39, 0.29) is 42.5 Å². The number of benzene rings is 1. The van der Waals surface area contributed by atoms with Gasteiger partial charge in [-0.05, 0) is 24.6 Å². The largest absolute Gasteiger partial charge is 0.493 e. The summed E-state index contributed by atoms with van der Waals surface area (Å²) in [5, 5.41) is 3.13. The van der Waals surface area contributed by atoms with Gasteiger partial charge in [0.2, 0.25) is 5.91 Å². The zero-order valence-electron chi connectivity index (χ0n) is 14.3. The summed E-state index contributed by atoms with van der Waals surface area (Å²) < 4.78 is 39.9. The first kappa shape index (κ1) is 21.4. The van der Waals surface area contributed by atoms with E-state index in [1.165, 1.54) is 24.1 Å². The molecule has 6 nitrogen and oxygen atoms in total. The smallest absolute Gasteiger partial charge is 0.387 e. The van der Waals surface area contributed by atoms with Crippen molar-refractivity contribution in [1.82, 2.24) is 10.2 Å². The summed E-state index contributed by atoms with van der Waals surface area (Å²) >= 11 is 0. The normalized spacial score (nSPS) is 19.9. The Labute approximate surface area is 151 Å². The molecule has 25 heavy (non-hydrogen) atoms. The molecule has 1 aliphatic heterocycles. The molecule has 0 unspecified atom stereocenters. The highest BCUT2D eigenvalue weighted by atomic mass is 35.5. The van der Waals surface area contributed by atoms with Crippen LogP contribution in [-0.2, 0) is 16.1 Å². The van der Waals surface area contributed by atoms with Crippen LogP contribution in [0.1, 0.15) is 12.5 Å². The van der Waals surface area contributed by atoms with Gasteiger partial charge in [0.1, 0.15) is 6.04 Å². The summed E-state index contributed by atoms with van der Waals surface area (Å²) in [5.41, 5.74) is 0.659. The molecule has 1 fully saturated rings. The first-order chi connectivity index (χ1) is 11.4. The molecule has 1 aromatic rings. The minimum absolute atomic E-state index is 0. The van der Waals surface area contributed by atoms with Crippen molar-refractivity contribution >= 4 is 18.3 Å². The fourth-order valence-electron chi connectivity index (χ4n) is 2.61. The molecule has 0 saturated carbocycles. The van der Waals surface area contributed by atoms with E-state index in [1.54, 1.807) is 13.1 Å². The molecule has 2 rings (SSSR count). The van der Waals surface area contributed by atoms with Gasteiger partial charge in [0.05, 0.1) is 19.8 Å². The topological polar surface area (TPSA) is 60.0 Å². The minimum atomic E-state index is -2.95. The van der Waals surface area contributed by atoms with Crippen molar-refractivity contribution in [2.45, 2.75) is 32.2 Å². The standard InChI is InChI=1S/C16H22F2N2O4.ClH/c1-10-14(19-6-7-23-10)15(21)20(2)9-11-4-5-12(22-3)13(8-11)24-16(17)18;/h4-5,8,10,14,16,19H,6-7,9H2,1-3H3;1H/t10-,14+;/m1./s1. The molecule has 0 radical (unpaired) electrons. The lowest BCUT2D eigenvalue weighted by Crippen LogP contribution is -2.55. The van der Waals surface area contributed by atoms with Crippen LogP contribution >= 0.6 is 12.4 Å². The van der Waals surface area contributed by atoms with E-state index in [1.807, 2.05) is 6.92 Å². The van der Waals surface area contributed by atoms with Gasteiger partial charge in [-0.1, -0.05) is 6.07 Å². The second kappa shape index (κ2) is 9.74. The van der Waals surface area contributed by atoms with E-state index in [9.17, 15) is 13.6 Å².